The fraction of sp³-hybridized carbons (Fsp3) is 0.700. The van der Waals surface area contributed by atoms with Crippen LogP contribution in [-0.4, -0.2) is 5.11 Å². The summed E-state index contributed by atoms with van der Waals surface area (Å²) < 4.78 is 0. The predicted molar refractivity (Wildman–Crippen MR) is 89.0 cm³/mol. The maximum Gasteiger partial charge on any atom is 0.119 e. The number of hydrogen-bond acceptors (Lipinski definition) is 1. The van der Waals surface area contributed by atoms with E-state index in [1.54, 1.807) is 0 Å². The molecular formula is C20H30O. The van der Waals surface area contributed by atoms with Gasteiger partial charge in [0.25, 0.3) is 0 Å². The van der Waals surface area contributed by atoms with Crippen LogP contribution in [0.2, 0.25) is 0 Å². The SMILES string of the molecule is Oc1cc(C2CCCCCC2)ccc1C1CCCCCC1. The molecule has 0 unspecified atom stereocenters. The van der Waals surface area contributed by atoms with E-state index in [-0.39, 0.29) is 0 Å². The Hall–Kier alpha value is -0.980. The van der Waals surface area contributed by atoms with Crippen LogP contribution >= 0.6 is 0 Å². The van der Waals surface area contributed by atoms with E-state index in [2.05, 4.69) is 18.2 Å². The lowest BCUT2D eigenvalue weighted by atomic mass is 9.86. The van der Waals surface area contributed by atoms with Crippen molar-refractivity contribution in [2.24, 2.45) is 0 Å². The van der Waals surface area contributed by atoms with E-state index in [0.717, 1.165) is 0 Å². The molecule has 0 atom stereocenters. The maximum absolute atomic E-state index is 10.5. The first kappa shape index (κ1) is 14.9. The molecule has 116 valence electrons. The molecule has 0 heterocycles. The summed E-state index contributed by atoms with van der Waals surface area (Å²) >= 11 is 0. The van der Waals surface area contributed by atoms with Crippen LogP contribution in [0.4, 0.5) is 0 Å². The summed E-state index contributed by atoms with van der Waals surface area (Å²) in [5.74, 6) is 1.85. The third kappa shape index (κ3) is 3.81. The van der Waals surface area contributed by atoms with Crippen molar-refractivity contribution < 1.29 is 5.11 Å². The topological polar surface area (TPSA) is 20.2 Å². The smallest absolute Gasteiger partial charge is 0.119 e. The highest BCUT2D eigenvalue weighted by molar-refractivity contribution is 5.40. The molecule has 0 bridgehead atoms. The van der Waals surface area contributed by atoms with Crippen LogP contribution in [0.15, 0.2) is 18.2 Å². The Morgan fingerprint density at radius 2 is 1.19 bits per heavy atom. The quantitative estimate of drug-likeness (QED) is 0.635. The van der Waals surface area contributed by atoms with Crippen molar-refractivity contribution in [2.75, 3.05) is 0 Å². The average molecular weight is 286 g/mol. The van der Waals surface area contributed by atoms with Crippen LogP contribution in [0.5, 0.6) is 5.75 Å². The summed E-state index contributed by atoms with van der Waals surface area (Å²) in [5, 5.41) is 10.5. The van der Waals surface area contributed by atoms with E-state index in [4.69, 9.17) is 0 Å². The van der Waals surface area contributed by atoms with Crippen LogP contribution in [0, 0.1) is 0 Å². The van der Waals surface area contributed by atoms with Gasteiger partial charge in [-0.15, -0.1) is 0 Å². The summed E-state index contributed by atoms with van der Waals surface area (Å²) in [6.45, 7) is 0. The van der Waals surface area contributed by atoms with Crippen molar-refractivity contribution in [3.8, 4) is 5.75 Å². The van der Waals surface area contributed by atoms with Crippen molar-refractivity contribution in [1.82, 2.24) is 0 Å². The van der Waals surface area contributed by atoms with E-state index in [0.29, 0.717) is 17.6 Å². The normalized spacial score (nSPS) is 22.7. The first-order chi connectivity index (χ1) is 10.3. The second-order valence-corrected chi connectivity index (χ2v) is 7.20. The lowest BCUT2D eigenvalue weighted by molar-refractivity contribution is 0.451. The highest BCUT2D eigenvalue weighted by Gasteiger charge is 2.20. The molecule has 21 heavy (non-hydrogen) atoms. The van der Waals surface area contributed by atoms with Gasteiger partial charge in [-0.05, 0) is 54.7 Å². The zero-order valence-electron chi connectivity index (χ0n) is 13.3. The summed E-state index contributed by atoms with van der Waals surface area (Å²) in [5.41, 5.74) is 2.60. The molecule has 0 aliphatic heterocycles. The van der Waals surface area contributed by atoms with Gasteiger partial charge in [0.15, 0.2) is 0 Å². The van der Waals surface area contributed by atoms with Gasteiger partial charge in [-0.2, -0.15) is 0 Å². The number of rotatable bonds is 2. The molecule has 0 spiro atoms. The Labute approximate surface area is 129 Å². The van der Waals surface area contributed by atoms with Gasteiger partial charge in [0.1, 0.15) is 5.75 Å². The van der Waals surface area contributed by atoms with E-state index >= 15 is 0 Å². The number of aromatic hydroxyl groups is 1. The van der Waals surface area contributed by atoms with Crippen LogP contribution < -0.4 is 0 Å². The zero-order chi connectivity index (χ0) is 14.5. The van der Waals surface area contributed by atoms with E-state index in [1.807, 2.05) is 0 Å². The predicted octanol–water partition coefficient (Wildman–Crippen LogP) is 6.27. The molecule has 2 aliphatic rings. The van der Waals surface area contributed by atoms with Crippen molar-refractivity contribution in [1.29, 1.82) is 0 Å². The van der Waals surface area contributed by atoms with Crippen molar-refractivity contribution in [3.63, 3.8) is 0 Å². The van der Waals surface area contributed by atoms with E-state index in [1.165, 1.54) is 88.2 Å². The first-order valence-corrected chi connectivity index (χ1v) is 9.17. The van der Waals surface area contributed by atoms with Crippen LogP contribution in [0.25, 0.3) is 0 Å². The highest BCUT2D eigenvalue weighted by Crippen LogP contribution is 2.39. The summed E-state index contributed by atoms with van der Waals surface area (Å²) in [4.78, 5) is 0. The van der Waals surface area contributed by atoms with E-state index in [9.17, 15) is 5.11 Å². The lowest BCUT2D eigenvalue weighted by Crippen LogP contribution is -2.01. The molecule has 1 aromatic rings. The molecular weight excluding hydrogens is 256 g/mol. The van der Waals surface area contributed by atoms with Crippen LogP contribution in [-0.2, 0) is 0 Å². The average Bonchev–Trinajstić information content (AvgIpc) is 2.92. The lowest BCUT2D eigenvalue weighted by Gasteiger charge is -2.19. The second kappa shape index (κ2) is 7.33. The molecule has 2 aliphatic carbocycles. The van der Waals surface area contributed by atoms with Gasteiger partial charge in [0.05, 0.1) is 0 Å². The molecule has 2 saturated carbocycles. The number of phenols is 1. The Bertz CT molecular complexity index is 435. The molecule has 1 N–H and O–H groups in total. The number of benzene rings is 1. The molecule has 1 nitrogen and oxygen atoms in total. The Morgan fingerprint density at radius 3 is 1.71 bits per heavy atom. The fourth-order valence-corrected chi connectivity index (χ4v) is 4.36. The zero-order valence-corrected chi connectivity index (χ0v) is 13.3. The van der Waals surface area contributed by atoms with Gasteiger partial charge in [0.2, 0.25) is 0 Å². The molecule has 3 rings (SSSR count). The Morgan fingerprint density at radius 1 is 0.667 bits per heavy atom. The summed E-state index contributed by atoms with van der Waals surface area (Å²) in [6, 6.07) is 6.65. The molecule has 1 heteroatoms. The Kier molecular flexibility index (Phi) is 5.22. The van der Waals surface area contributed by atoms with E-state index < -0.39 is 0 Å². The van der Waals surface area contributed by atoms with Crippen molar-refractivity contribution in [3.05, 3.63) is 29.3 Å². The van der Waals surface area contributed by atoms with Gasteiger partial charge >= 0.3 is 0 Å². The van der Waals surface area contributed by atoms with Gasteiger partial charge in [-0.3, -0.25) is 0 Å². The first-order valence-electron chi connectivity index (χ1n) is 9.17. The molecule has 0 saturated heterocycles. The Balaban J connectivity index is 1.75. The van der Waals surface area contributed by atoms with Crippen LogP contribution in [0.3, 0.4) is 0 Å². The highest BCUT2D eigenvalue weighted by atomic mass is 16.3. The van der Waals surface area contributed by atoms with Gasteiger partial charge in [-0.1, -0.05) is 63.5 Å². The minimum Gasteiger partial charge on any atom is -0.508 e. The fourth-order valence-electron chi connectivity index (χ4n) is 4.36. The maximum atomic E-state index is 10.5. The van der Waals surface area contributed by atoms with Gasteiger partial charge in [0, 0.05) is 0 Å². The third-order valence-corrected chi connectivity index (χ3v) is 5.68. The summed E-state index contributed by atoms with van der Waals surface area (Å²) in [7, 11) is 0. The molecule has 1 aromatic carbocycles. The second-order valence-electron chi connectivity index (χ2n) is 7.20. The van der Waals surface area contributed by atoms with Gasteiger partial charge < -0.3 is 5.11 Å². The largest absolute Gasteiger partial charge is 0.508 e. The standard InChI is InChI=1S/C20H30O/c21-20-15-18(16-9-5-1-2-6-10-16)13-14-19(20)17-11-7-3-4-8-12-17/h13-17,21H,1-12H2. The number of phenolic OH excluding ortho intramolecular Hbond substituents is 1. The molecule has 2 fully saturated rings. The third-order valence-electron chi connectivity index (χ3n) is 5.68. The van der Waals surface area contributed by atoms with Crippen molar-refractivity contribution in [2.45, 2.75) is 88.9 Å². The minimum atomic E-state index is 0.573. The van der Waals surface area contributed by atoms with Crippen LogP contribution in [0.1, 0.15) is 100 Å². The summed E-state index contributed by atoms with van der Waals surface area (Å²) in [6.07, 6.45) is 16.0. The molecule has 0 amide bonds. The van der Waals surface area contributed by atoms with Crippen molar-refractivity contribution >= 4 is 0 Å². The minimum absolute atomic E-state index is 0.573. The monoisotopic (exact) mass is 286 g/mol. The number of hydrogen-bond donors (Lipinski definition) is 1. The van der Waals surface area contributed by atoms with Gasteiger partial charge in [-0.25, -0.2) is 0 Å². The molecule has 0 radical (unpaired) electrons. The molecule has 0 aromatic heterocycles.